The predicted octanol–water partition coefficient (Wildman–Crippen LogP) is 2.22. The molecule has 1 atom stereocenters. The first-order chi connectivity index (χ1) is 7.31. The van der Waals surface area contributed by atoms with E-state index >= 15 is 0 Å². The van der Waals surface area contributed by atoms with Crippen LogP contribution >= 0.6 is 0 Å². The molecule has 15 heavy (non-hydrogen) atoms. The summed E-state index contributed by atoms with van der Waals surface area (Å²) in [6.45, 7) is 1.06. The lowest BCUT2D eigenvalue weighted by molar-refractivity contribution is 0.370. The topological polar surface area (TPSA) is 41.5 Å². The summed E-state index contributed by atoms with van der Waals surface area (Å²) in [5.41, 5.74) is 1.15. The van der Waals surface area contributed by atoms with E-state index in [4.69, 9.17) is 4.74 Å². The molecule has 2 N–H and O–H groups in total. The monoisotopic (exact) mass is 207 g/mol. The second-order valence-corrected chi connectivity index (χ2v) is 3.93. The minimum atomic E-state index is 0.256. The number of nitrogens with one attached hydrogen (secondary N) is 1. The highest BCUT2D eigenvalue weighted by Gasteiger charge is 2.18. The summed E-state index contributed by atoms with van der Waals surface area (Å²) in [4.78, 5) is 0. The third-order valence-electron chi connectivity index (χ3n) is 2.90. The van der Waals surface area contributed by atoms with Crippen molar-refractivity contribution < 1.29 is 9.84 Å². The summed E-state index contributed by atoms with van der Waals surface area (Å²) < 4.78 is 5.28. The van der Waals surface area contributed by atoms with Crippen LogP contribution in [0.3, 0.4) is 0 Å². The zero-order chi connectivity index (χ0) is 10.7. The quantitative estimate of drug-likeness (QED) is 0.781. The van der Waals surface area contributed by atoms with Gasteiger partial charge in [0.2, 0.25) is 0 Å². The second kappa shape index (κ2) is 4.53. The molecule has 0 bridgehead atoms. The van der Waals surface area contributed by atoms with Crippen LogP contribution in [0.15, 0.2) is 18.2 Å². The van der Waals surface area contributed by atoms with E-state index in [1.807, 2.05) is 6.07 Å². The number of hydrogen-bond acceptors (Lipinski definition) is 3. The molecular weight excluding hydrogens is 190 g/mol. The minimum absolute atomic E-state index is 0.256. The molecule has 1 aromatic carbocycles. The number of methoxy groups -OCH3 is 1. The Labute approximate surface area is 90.1 Å². The minimum Gasteiger partial charge on any atom is -0.508 e. The van der Waals surface area contributed by atoms with Gasteiger partial charge in [-0.25, -0.2) is 0 Å². The van der Waals surface area contributed by atoms with E-state index in [-0.39, 0.29) is 5.75 Å². The highest BCUT2D eigenvalue weighted by Crippen LogP contribution is 2.32. The molecule has 1 aromatic rings. The van der Waals surface area contributed by atoms with E-state index in [1.54, 1.807) is 19.2 Å². The fourth-order valence-corrected chi connectivity index (χ4v) is 2.10. The molecule has 1 saturated heterocycles. The number of hydrogen-bond donors (Lipinski definition) is 2. The standard InChI is InChI=1S/C12H17NO2/c1-15-12-8-9(14)5-6-10(12)11-4-2-3-7-13-11/h5-6,8,11,13-14H,2-4,7H2,1H3/t11-/m1/s1. The Kier molecular flexibility index (Phi) is 3.11. The molecule has 2 rings (SSSR count). The lowest BCUT2D eigenvalue weighted by Gasteiger charge is -2.25. The second-order valence-electron chi connectivity index (χ2n) is 3.93. The normalized spacial score (nSPS) is 21.3. The Hall–Kier alpha value is -1.22. The van der Waals surface area contributed by atoms with Crippen molar-refractivity contribution in [1.29, 1.82) is 0 Å². The summed E-state index contributed by atoms with van der Waals surface area (Å²) in [6, 6.07) is 5.70. The van der Waals surface area contributed by atoms with Crippen molar-refractivity contribution >= 4 is 0 Å². The van der Waals surface area contributed by atoms with E-state index in [0.29, 0.717) is 6.04 Å². The lowest BCUT2D eigenvalue weighted by Crippen LogP contribution is -2.27. The van der Waals surface area contributed by atoms with Gasteiger partial charge >= 0.3 is 0 Å². The fraction of sp³-hybridized carbons (Fsp3) is 0.500. The zero-order valence-electron chi connectivity index (χ0n) is 8.99. The van der Waals surface area contributed by atoms with Crippen molar-refractivity contribution in [2.75, 3.05) is 13.7 Å². The van der Waals surface area contributed by atoms with Crippen LogP contribution in [0.25, 0.3) is 0 Å². The smallest absolute Gasteiger partial charge is 0.127 e. The van der Waals surface area contributed by atoms with Gasteiger partial charge in [-0.15, -0.1) is 0 Å². The van der Waals surface area contributed by atoms with Gasteiger partial charge in [0, 0.05) is 17.7 Å². The average Bonchev–Trinajstić information content (AvgIpc) is 2.30. The third kappa shape index (κ3) is 2.23. The van der Waals surface area contributed by atoms with Crippen LogP contribution in [0.1, 0.15) is 30.9 Å². The van der Waals surface area contributed by atoms with E-state index in [1.165, 1.54) is 12.8 Å². The molecule has 1 aliphatic rings. The summed E-state index contributed by atoms with van der Waals surface area (Å²) in [7, 11) is 1.64. The van der Waals surface area contributed by atoms with Gasteiger partial charge in [-0.3, -0.25) is 0 Å². The number of phenols is 1. The number of ether oxygens (including phenoxy) is 1. The first kappa shape index (κ1) is 10.3. The van der Waals surface area contributed by atoms with E-state index in [0.717, 1.165) is 24.3 Å². The van der Waals surface area contributed by atoms with Crippen LogP contribution in [0.2, 0.25) is 0 Å². The number of phenolic OH excluding ortho intramolecular Hbond substituents is 1. The number of aromatic hydroxyl groups is 1. The highest BCUT2D eigenvalue weighted by molar-refractivity contribution is 5.42. The van der Waals surface area contributed by atoms with Crippen LogP contribution in [0.5, 0.6) is 11.5 Å². The molecule has 0 saturated carbocycles. The Morgan fingerprint density at radius 1 is 1.40 bits per heavy atom. The SMILES string of the molecule is COc1cc(O)ccc1[C@H]1CCCCN1. The van der Waals surface area contributed by atoms with Crippen LogP contribution in [0.4, 0.5) is 0 Å². The van der Waals surface area contributed by atoms with Crippen molar-refractivity contribution in [2.45, 2.75) is 25.3 Å². The van der Waals surface area contributed by atoms with Gasteiger partial charge in [0.25, 0.3) is 0 Å². The van der Waals surface area contributed by atoms with E-state index in [2.05, 4.69) is 5.32 Å². The van der Waals surface area contributed by atoms with Crippen LogP contribution < -0.4 is 10.1 Å². The van der Waals surface area contributed by atoms with Crippen molar-refractivity contribution in [1.82, 2.24) is 5.32 Å². The summed E-state index contributed by atoms with van der Waals surface area (Å²) in [6.07, 6.45) is 3.64. The van der Waals surface area contributed by atoms with E-state index < -0.39 is 0 Å². The number of benzene rings is 1. The predicted molar refractivity (Wildman–Crippen MR) is 59.3 cm³/mol. The number of piperidine rings is 1. The van der Waals surface area contributed by atoms with Gasteiger partial charge in [-0.05, 0) is 25.5 Å². The van der Waals surface area contributed by atoms with Gasteiger partial charge < -0.3 is 15.2 Å². The Morgan fingerprint density at radius 3 is 2.93 bits per heavy atom. The number of rotatable bonds is 2. The molecule has 0 spiro atoms. The zero-order valence-corrected chi connectivity index (χ0v) is 8.99. The fourth-order valence-electron chi connectivity index (χ4n) is 2.10. The molecule has 0 radical (unpaired) electrons. The van der Waals surface area contributed by atoms with Gasteiger partial charge in [-0.1, -0.05) is 12.5 Å². The Bertz CT molecular complexity index is 332. The van der Waals surface area contributed by atoms with Crippen LogP contribution in [-0.4, -0.2) is 18.8 Å². The van der Waals surface area contributed by atoms with Gasteiger partial charge in [-0.2, -0.15) is 0 Å². The molecule has 82 valence electrons. The molecular formula is C12H17NO2. The molecule has 0 aliphatic carbocycles. The van der Waals surface area contributed by atoms with Gasteiger partial charge in [0.15, 0.2) is 0 Å². The summed E-state index contributed by atoms with van der Waals surface area (Å²) >= 11 is 0. The van der Waals surface area contributed by atoms with Crippen molar-refractivity contribution in [3.05, 3.63) is 23.8 Å². The summed E-state index contributed by atoms with van der Waals surface area (Å²) in [5, 5.41) is 12.8. The molecule has 0 aromatic heterocycles. The largest absolute Gasteiger partial charge is 0.508 e. The Balaban J connectivity index is 2.25. The molecule has 1 heterocycles. The van der Waals surface area contributed by atoms with E-state index in [9.17, 15) is 5.11 Å². The molecule has 0 amide bonds. The van der Waals surface area contributed by atoms with Gasteiger partial charge in [0.1, 0.15) is 11.5 Å². The Morgan fingerprint density at radius 2 is 2.27 bits per heavy atom. The maximum atomic E-state index is 9.37. The van der Waals surface area contributed by atoms with Crippen molar-refractivity contribution in [2.24, 2.45) is 0 Å². The van der Waals surface area contributed by atoms with Gasteiger partial charge in [0.05, 0.1) is 7.11 Å². The molecule has 1 fully saturated rings. The van der Waals surface area contributed by atoms with Crippen LogP contribution in [-0.2, 0) is 0 Å². The average molecular weight is 207 g/mol. The lowest BCUT2D eigenvalue weighted by atomic mass is 9.97. The molecule has 0 unspecified atom stereocenters. The maximum Gasteiger partial charge on any atom is 0.127 e. The summed E-state index contributed by atoms with van der Waals surface area (Å²) in [5.74, 6) is 1.03. The third-order valence-corrected chi connectivity index (χ3v) is 2.90. The molecule has 3 heteroatoms. The molecule has 3 nitrogen and oxygen atoms in total. The van der Waals surface area contributed by atoms with Crippen molar-refractivity contribution in [3.8, 4) is 11.5 Å². The highest BCUT2D eigenvalue weighted by atomic mass is 16.5. The van der Waals surface area contributed by atoms with Crippen molar-refractivity contribution in [3.63, 3.8) is 0 Å². The molecule has 1 aliphatic heterocycles. The maximum absolute atomic E-state index is 9.37. The first-order valence-corrected chi connectivity index (χ1v) is 5.41. The first-order valence-electron chi connectivity index (χ1n) is 5.41. The van der Waals surface area contributed by atoms with Crippen LogP contribution in [0, 0.1) is 0 Å².